The van der Waals surface area contributed by atoms with E-state index in [0.717, 1.165) is 36.1 Å². The van der Waals surface area contributed by atoms with Crippen LogP contribution in [0.1, 0.15) is 36.2 Å². The van der Waals surface area contributed by atoms with Gasteiger partial charge in [-0.15, -0.1) is 11.3 Å². The molecule has 2 aliphatic rings. The fourth-order valence-corrected chi connectivity index (χ4v) is 5.67. The lowest BCUT2D eigenvalue weighted by molar-refractivity contribution is -0.128. The Hall–Kier alpha value is -1.16. The van der Waals surface area contributed by atoms with Crippen LogP contribution in [0.15, 0.2) is 9.72 Å². The number of aromatic carboxylic acids is 1. The van der Waals surface area contributed by atoms with Crippen molar-refractivity contribution >= 4 is 35.0 Å². The minimum atomic E-state index is -0.996. The number of thioether (sulfide) groups is 1. The van der Waals surface area contributed by atoms with E-state index in [4.69, 9.17) is 5.11 Å². The number of carboxylic acids is 1. The first-order valence-electron chi connectivity index (χ1n) is 9.44. The Morgan fingerprint density at radius 3 is 2.81 bits per heavy atom. The Morgan fingerprint density at radius 1 is 1.41 bits per heavy atom. The van der Waals surface area contributed by atoms with E-state index < -0.39 is 5.97 Å². The van der Waals surface area contributed by atoms with Gasteiger partial charge in [-0.2, -0.15) is 0 Å². The molecule has 3 rings (SSSR count). The molecule has 0 aliphatic carbocycles. The molecule has 150 valence electrons. The average Bonchev–Trinajstić information content (AvgIpc) is 3.24. The Labute approximate surface area is 168 Å². The summed E-state index contributed by atoms with van der Waals surface area (Å²) in [6.45, 7) is 3.92. The summed E-state index contributed by atoms with van der Waals surface area (Å²) in [7, 11) is 4.36. The summed E-state index contributed by atoms with van der Waals surface area (Å²) in [5, 5.41) is 10.5. The summed E-state index contributed by atoms with van der Waals surface area (Å²) < 4.78 is 0.749. The van der Waals surface area contributed by atoms with Crippen molar-refractivity contribution in [1.82, 2.24) is 19.7 Å². The van der Waals surface area contributed by atoms with Crippen LogP contribution >= 0.6 is 23.1 Å². The molecule has 7 nitrogen and oxygen atoms in total. The number of piperidine rings is 1. The molecular formula is C18H28N4O3S2. The van der Waals surface area contributed by atoms with Crippen LogP contribution in [0.4, 0.5) is 0 Å². The quantitative estimate of drug-likeness (QED) is 0.654. The van der Waals surface area contributed by atoms with Crippen molar-refractivity contribution in [2.75, 3.05) is 46.0 Å². The van der Waals surface area contributed by atoms with Crippen molar-refractivity contribution in [2.24, 2.45) is 0 Å². The maximum absolute atomic E-state index is 12.3. The molecule has 2 saturated heterocycles. The fraction of sp³-hybridized carbons (Fsp3) is 0.722. The van der Waals surface area contributed by atoms with Crippen LogP contribution in [-0.2, 0) is 4.79 Å². The van der Waals surface area contributed by atoms with Gasteiger partial charge < -0.3 is 19.8 Å². The number of likely N-dealkylation sites (N-methyl/N-ethyl adjacent to an activating group) is 1. The highest BCUT2D eigenvalue weighted by Crippen LogP contribution is 2.26. The van der Waals surface area contributed by atoms with E-state index in [1.807, 2.05) is 4.90 Å². The van der Waals surface area contributed by atoms with Gasteiger partial charge in [0.15, 0.2) is 10.0 Å². The number of amides is 1. The number of thiazole rings is 1. The molecule has 3 heterocycles. The molecule has 0 radical (unpaired) electrons. The molecule has 0 spiro atoms. The van der Waals surface area contributed by atoms with Crippen LogP contribution in [0.5, 0.6) is 0 Å². The fourth-order valence-electron chi connectivity index (χ4n) is 3.86. The average molecular weight is 413 g/mol. The zero-order valence-electron chi connectivity index (χ0n) is 16.0. The normalized spacial score (nSPS) is 22.1. The van der Waals surface area contributed by atoms with Crippen LogP contribution in [0.2, 0.25) is 0 Å². The molecule has 2 aliphatic heterocycles. The smallest absolute Gasteiger partial charge is 0.355 e. The monoisotopic (exact) mass is 412 g/mol. The highest BCUT2D eigenvalue weighted by molar-refractivity contribution is 8.01. The minimum absolute atomic E-state index is 0.0948. The molecule has 0 saturated carbocycles. The molecule has 1 atom stereocenters. The van der Waals surface area contributed by atoms with Crippen molar-refractivity contribution < 1.29 is 14.7 Å². The number of rotatable bonds is 8. The zero-order chi connectivity index (χ0) is 19.4. The number of carboxylic acid groups (broad SMARTS) is 1. The van der Waals surface area contributed by atoms with Gasteiger partial charge >= 0.3 is 5.97 Å². The van der Waals surface area contributed by atoms with E-state index in [9.17, 15) is 9.59 Å². The molecule has 0 aromatic carbocycles. The summed E-state index contributed by atoms with van der Waals surface area (Å²) in [5.74, 6) is -0.0141. The van der Waals surface area contributed by atoms with E-state index in [2.05, 4.69) is 28.9 Å². The number of carbonyl (C=O) groups excluding carboxylic acids is 1. The molecule has 2 fully saturated rings. The number of carbonyl (C=O) groups is 2. The maximum Gasteiger partial charge on any atom is 0.355 e. The minimum Gasteiger partial charge on any atom is -0.476 e. The van der Waals surface area contributed by atoms with E-state index in [0.29, 0.717) is 19.0 Å². The highest BCUT2D eigenvalue weighted by Gasteiger charge is 2.33. The molecule has 1 aromatic rings. The Kier molecular flexibility index (Phi) is 7.13. The first-order chi connectivity index (χ1) is 12.9. The van der Waals surface area contributed by atoms with Crippen LogP contribution in [-0.4, -0.2) is 94.8 Å². The predicted octanol–water partition coefficient (Wildman–Crippen LogP) is 1.95. The molecule has 27 heavy (non-hydrogen) atoms. The second kappa shape index (κ2) is 9.36. The first-order valence-corrected chi connectivity index (χ1v) is 11.3. The van der Waals surface area contributed by atoms with E-state index in [1.54, 1.807) is 5.38 Å². The number of nitrogens with zero attached hydrogens (tertiary/aromatic N) is 4. The van der Waals surface area contributed by atoms with Gasteiger partial charge in [-0.1, -0.05) is 11.8 Å². The van der Waals surface area contributed by atoms with Crippen molar-refractivity contribution in [3.05, 3.63) is 11.1 Å². The molecular weight excluding hydrogens is 384 g/mol. The third-order valence-corrected chi connectivity index (χ3v) is 7.52. The van der Waals surface area contributed by atoms with Crippen molar-refractivity contribution in [3.63, 3.8) is 0 Å². The van der Waals surface area contributed by atoms with Gasteiger partial charge in [-0.05, 0) is 46.4 Å². The van der Waals surface area contributed by atoms with Gasteiger partial charge in [0, 0.05) is 42.7 Å². The zero-order valence-corrected chi connectivity index (χ0v) is 17.6. The van der Waals surface area contributed by atoms with E-state index in [-0.39, 0.29) is 17.6 Å². The molecule has 1 N–H and O–H groups in total. The van der Waals surface area contributed by atoms with Gasteiger partial charge in [0.2, 0.25) is 5.91 Å². The van der Waals surface area contributed by atoms with Gasteiger partial charge in [0.05, 0.1) is 0 Å². The summed E-state index contributed by atoms with van der Waals surface area (Å²) in [6.07, 6.45) is 3.96. The van der Waals surface area contributed by atoms with Crippen molar-refractivity contribution in [1.29, 1.82) is 0 Å². The lowest BCUT2D eigenvalue weighted by atomic mass is 10.0. The van der Waals surface area contributed by atoms with Crippen molar-refractivity contribution in [3.8, 4) is 0 Å². The lowest BCUT2D eigenvalue weighted by Crippen LogP contribution is -2.47. The van der Waals surface area contributed by atoms with Crippen LogP contribution < -0.4 is 0 Å². The number of aromatic nitrogens is 1. The SMILES string of the molecule is CN1CCC(N(C)CC2CCC(=O)N2CCSc2nc(C(=O)O)cs2)CC1. The number of hydrogen-bond donors (Lipinski definition) is 1. The second-order valence-corrected chi connectivity index (χ2v) is 9.61. The molecule has 1 aromatic heterocycles. The lowest BCUT2D eigenvalue weighted by Gasteiger charge is -2.37. The molecule has 1 unspecified atom stereocenters. The molecule has 1 amide bonds. The summed E-state index contributed by atoms with van der Waals surface area (Å²) in [6, 6.07) is 0.895. The highest BCUT2D eigenvalue weighted by atomic mass is 32.2. The predicted molar refractivity (Wildman–Crippen MR) is 108 cm³/mol. The van der Waals surface area contributed by atoms with Crippen LogP contribution in [0.3, 0.4) is 0 Å². The third-order valence-electron chi connectivity index (χ3n) is 5.52. The molecule has 0 bridgehead atoms. The first kappa shape index (κ1) is 20.6. The maximum atomic E-state index is 12.3. The Bertz CT molecular complexity index is 661. The van der Waals surface area contributed by atoms with E-state index >= 15 is 0 Å². The summed E-state index contributed by atoms with van der Waals surface area (Å²) in [5.41, 5.74) is 0.0948. The topological polar surface area (TPSA) is 77.0 Å². The number of likely N-dealkylation sites (tertiary alicyclic amines) is 2. The largest absolute Gasteiger partial charge is 0.476 e. The van der Waals surface area contributed by atoms with E-state index in [1.165, 1.54) is 35.9 Å². The third kappa shape index (κ3) is 5.43. The number of hydrogen-bond acceptors (Lipinski definition) is 7. The Balaban J connectivity index is 1.47. The standard InChI is InChI=1S/C18H28N4O3S2/c1-20-7-5-13(6-8-20)21(2)11-14-3-4-16(23)22(14)9-10-26-18-19-15(12-27-18)17(24)25/h12-14H,3-11H2,1-2H3,(H,24,25). The van der Waals surface area contributed by atoms with Gasteiger partial charge in [-0.3, -0.25) is 4.79 Å². The Morgan fingerprint density at radius 2 is 2.15 bits per heavy atom. The van der Waals surface area contributed by atoms with Crippen LogP contribution in [0, 0.1) is 0 Å². The summed E-state index contributed by atoms with van der Waals surface area (Å²) >= 11 is 2.87. The van der Waals surface area contributed by atoms with Crippen LogP contribution in [0.25, 0.3) is 0 Å². The van der Waals surface area contributed by atoms with Crippen molar-refractivity contribution in [2.45, 2.75) is 42.1 Å². The van der Waals surface area contributed by atoms with Gasteiger partial charge in [0.1, 0.15) is 0 Å². The molecule has 9 heteroatoms. The van der Waals surface area contributed by atoms with Gasteiger partial charge in [0.25, 0.3) is 0 Å². The summed E-state index contributed by atoms with van der Waals surface area (Å²) in [4.78, 5) is 34.2. The van der Waals surface area contributed by atoms with Gasteiger partial charge in [-0.25, -0.2) is 9.78 Å². The second-order valence-electron chi connectivity index (χ2n) is 7.41.